The summed E-state index contributed by atoms with van der Waals surface area (Å²) in [4.78, 5) is 12.1. The Morgan fingerprint density at radius 3 is 2.45 bits per heavy atom. The van der Waals surface area contributed by atoms with Crippen molar-refractivity contribution in [1.82, 2.24) is 0 Å². The molecule has 0 bridgehead atoms. The third kappa shape index (κ3) is 4.64. The quantitative estimate of drug-likeness (QED) is 0.556. The second-order valence-corrected chi connectivity index (χ2v) is 5.25. The average molecular weight is 277 g/mol. The van der Waals surface area contributed by atoms with Crippen molar-refractivity contribution in [2.75, 3.05) is 13.2 Å². The molecule has 0 aliphatic heterocycles. The summed E-state index contributed by atoms with van der Waals surface area (Å²) in [5.41, 5.74) is 6.69. The van der Waals surface area contributed by atoms with Gasteiger partial charge in [0.2, 0.25) is 0 Å². The molecular weight excluding hydrogens is 250 g/mol. The van der Waals surface area contributed by atoms with Crippen LogP contribution >= 0.6 is 0 Å². The van der Waals surface area contributed by atoms with Gasteiger partial charge in [-0.25, -0.2) is 0 Å². The number of unbranched alkanes of at least 4 members (excludes halogenated alkanes) is 1. The van der Waals surface area contributed by atoms with Crippen LogP contribution < -0.4 is 5.73 Å². The molecule has 0 aliphatic carbocycles. The smallest absolute Gasteiger partial charge is 0.313 e. The van der Waals surface area contributed by atoms with Crippen molar-refractivity contribution in [2.45, 2.75) is 46.0 Å². The Kier molecular flexibility index (Phi) is 7.31. The van der Waals surface area contributed by atoms with Gasteiger partial charge in [-0.05, 0) is 38.2 Å². The molecule has 0 heterocycles. The lowest BCUT2D eigenvalue weighted by Gasteiger charge is -2.28. The number of benzene rings is 1. The Hall–Kier alpha value is -1.35. The first-order chi connectivity index (χ1) is 9.68. The molecule has 0 saturated carbocycles. The molecule has 20 heavy (non-hydrogen) atoms. The van der Waals surface area contributed by atoms with Crippen LogP contribution in [0, 0.1) is 5.41 Å². The van der Waals surface area contributed by atoms with Crippen LogP contribution in [0.5, 0.6) is 0 Å². The number of hydrogen-bond donors (Lipinski definition) is 1. The highest BCUT2D eigenvalue weighted by Crippen LogP contribution is 2.29. The molecule has 2 N–H and O–H groups in total. The summed E-state index contributed by atoms with van der Waals surface area (Å²) in [5.74, 6) is -0.135. The molecule has 0 aliphatic rings. The lowest BCUT2D eigenvalue weighted by molar-refractivity contribution is -0.155. The Labute approximate surface area is 122 Å². The molecule has 0 saturated heterocycles. The molecule has 0 fully saturated rings. The summed E-state index contributed by atoms with van der Waals surface area (Å²) in [6, 6.07) is 10.4. The molecule has 1 atom stereocenters. The predicted molar refractivity (Wildman–Crippen MR) is 82.4 cm³/mol. The number of carbonyl (C=O) groups excluding carboxylic acids is 1. The van der Waals surface area contributed by atoms with Crippen molar-refractivity contribution in [3.8, 4) is 0 Å². The van der Waals surface area contributed by atoms with Crippen molar-refractivity contribution in [3.05, 3.63) is 35.9 Å². The van der Waals surface area contributed by atoms with E-state index in [2.05, 4.69) is 24.3 Å². The van der Waals surface area contributed by atoms with Gasteiger partial charge in [-0.3, -0.25) is 4.79 Å². The van der Waals surface area contributed by atoms with Gasteiger partial charge in [-0.1, -0.05) is 43.7 Å². The van der Waals surface area contributed by atoms with E-state index in [0.717, 1.165) is 32.1 Å². The van der Waals surface area contributed by atoms with Crippen molar-refractivity contribution in [1.29, 1.82) is 0 Å². The predicted octanol–water partition coefficient (Wildman–Crippen LogP) is 3.32. The second-order valence-electron chi connectivity index (χ2n) is 5.25. The van der Waals surface area contributed by atoms with E-state index in [1.165, 1.54) is 5.56 Å². The van der Waals surface area contributed by atoms with Crippen molar-refractivity contribution < 1.29 is 9.53 Å². The van der Waals surface area contributed by atoms with E-state index in [9.17, 15) is 4.79 Å². The largest absolute Gasteiger partial charge is 0.466 e. The topological polar surface area (TPSA) is 52.3 Å². The van der Waals surface area contributed by atoms with Crippen LogP contribution in [0.2, 0.25) is 0 Å². The van der Waals surface area contributed by atoms with Gasteiger partial charge in [0.05, 0.1) is 12.0 Å². The molecular formula is C17H27NO2. The van der Waals surface area contributed by atoms with Crippen molar-refractivity contribution in [3.63, 3.8) is 0 Å². The highest BCUT2D eigenvalue weighted by Gasteiger charge is 2.36. The number of rotatable bonds is 9. The van der Waals surface area contributed by atoms with Crippen molar-refractivity contribution >= 4 is 5.97 Å². The van der Waals surface area contributed by atoms with E-state index in [-0.39, 0.29) is 5.97 Å². The van der Waals surface area contributed by atoms with Crippen LogP contribution in [0.4, 0.5) is 0 Å². The van der Waals surface area contributed by atoms with E-state index in [1.807, 2.05) is 19.9 Å². The lowest BCUT2D eigenvalue weighted by Crippen LogP contribution is -2.39. The maximum Gasteiger partial charge on any atom is 0.313 e. The van der Waals surface area contributed by atoms with Gasteiger partial charge < -0.3 is 10.5 Å². The summed E-state index contributed by atoms with van der Waals surface area (Å²) in [6.45, 7) is 4.64. The van der Waals surface area contributed by atoms with Gasteiger partial charge in [0, 0.05) is 6.54 Å². The molecule has 3 nitrogen and oxygen atoms in total. The summed E-state index contributed by atoms with van der Waals surface area (Å²) in [5, 5.41) is 0. The molecule has 0 amide bonds. The van der Waals surface area contributed by atoms with Gasteiger partial charge in [0.25, 0.3) is 0 Å². The third-order valence-corrected chi connectivity index (χ3v) is 3.99. The zero-order valence-electron chi connectivity index (χ0n) is 12.7. The Morgan fingerprint density at radius 1 is 1.20 bits per heavy atom. The summed E-state index contributed by atoms with van der Waals surface area (Å²) < 4.78 is 5.19. The molecule has 3 heteroatoms. The highest BCUT2D eigenvalue weighted by atomic mass is 16.5. The van der Waals surface area contributed by atoms with Gasteiger partial charge in [-0.2, -0.15) is 0 Å². The normalized spacial score (nSPS) is 13.8. The number of ether oxygens (including phenoxy) is 1. The second kappa shape index (κ2) is 8.75. The van der Waals surface area contributed by atoms with Crippen LogP contribution in [0.1, 0.15) is 45.1 Å². The first kappa shape index (κ1) is 16.7. The number of aryl methyl sites for hydroxylation is 1. The van der Waals surface area contributed by atoms with Crippen molar-refractivity contribution in [2.24, 2.45) is 11.1 Å². The average Bonchev–Trinajstić information content (AvgIpc) is 2.49. The fourth-order valence-corrected chi connectivity index (χ4v) is 2.47. The Morgan fingerprint density at radius 2 is 1.90 bits per heavy atom. The van der Waals surface area contributed by atoms with Crippen LogP contribution in [-0.2, 0) is 16.0 Å². The standard InChI is InChI=1S/C17H27NO2/c1-3-17(14-18,16(19)20-4-2)13-9-8-12-15-10-6-5-7-11-15/h5-7,10-11H,3-4,8-9,12-14,18H2,1-2H3. The SMILES string of the molecule is CCOC(=O)C(CC)(CN)CCCCc1ccccc1. The van der Waals surface area contributed by atoms with E-state index in [4.69, 9.17) is 10.5 Å². The van der Waals surface area contributed by atoms with Gasteiger partial charge in [-0.15, -0.1) is 0 Å². The third-order valence-electron chi connectivity index (χ3n) is 3.99. The van der Waals surface area contributed by atoms with E-state index < -0.39 is 5.41 Å². The minimum absolute atomic E-state index is 0.135. The zero-order valence-corrected chi connectivity index (χ0v) is 12.7. The molecule has 1 aromatic rings. The molecule has 0 aromatic heterocycles. The molecule has 1 rings (SSSR count). The maximum atomic E-state index is 12.1. The highest BCUT2D eigenvalue weighted by molar-refractivity contribution is 5.77. The van der Waals surface area contributed by atoms with Crippen LogP contribution in [0.3, 0.4) is 0 Å². The van der Waals surface area contributed by atoms with Gasteiger partial charge in [0.1, 0.15) is 0 Å². The van der Waals surface area contributed by atoms with Gasteiger partial charge >= 0.3 is 5.97 Å². The Balaban J connectivity index is 2.45. The molecule has 112 valence electrons. The van der Waals surface area contributed by atoms with Crippen LogP contribution in [0.15, 0.2) is 30.3 Å². The fraction of sp³-hybridized carbons (Fsp3) is 0.588. The minimum Gasteiger partial charge on any atom is -0.466 e. The monoisotopic (exact) mass is 277 g/mol. The fourth-order valence-electron chi connectivity index (χ4n) is 2.47. The maximum absolute atomic E-state index is 12.1. The molecule has 0 radical (unpaired) electrons. The van der Waals surface area contributed by atoms with Crippen LogP contribution in [-0.4, -0.2) is 19.1 Å². The number of nitrogens with two attached hydrogens (primary N) is 1. The number of hydrogen-bond acceptors (Lipinski definition) is 3. The number of carbonyl (C=O) groups is 1. The first-order valence-corrected chi connectivity index (χ1v) is 7.59. The lowest BCUT2D eigenvalue weighted by atomic mass is 9.80. The zero-order chi connectivity index (χ0) is 14.8. The molecule has 1 aromatic carbocycles. The van der Waals surface area contributed by atoms with E-state index >= 15 is 0 Å². The summed E-state index contributed by atoms with van der Waals surface area (Å²) in [7, 11) is 0. The molecule has 0 spiro atoms. The van der Waals surface area contributed by atoms with Crippen LogP contribution in [0.25, 0.3) is 0 Å². The molecule has 1 unspecified atom stereocenters. The van der Waals surface area contributed by atoms with E-state index in [0.29, 0.717) is 13.2 Å². The van der Waals surface area contributed by atoms with E-state index in [1.54, 1.807) is 0 Å². The number of esters is 1. The minimum atomic E-state index is -0.493. The van der Waals surface area contributed by atoms with Gasteiger partial charge in [0.15, 0.2) is 0 Å². The first-order valence-electron chi connectivity index (χ1n) is 7.59. The summed E-state index contributed by atoms with van der Waals surface area (Å²) in [6.07, 6.45) is 4.68. The summed E-state index contributed by atoms with van der Waals surface area (Å²) >= 11 is 0. The Bertz CT molecular complexity index is 385.